The summed E-state index contributed by atoms with van der Waals surface area (Å²) in [4.78, 5) is 14.9. The van der Waals surface area contributed by atoms with Crippen molar-refractivity contribution in [1.82, 2.24) is 25.0 Å². The fourth-order valence-corrected chi connectivity index (χ4v) is 6.29. The minimum Gasteiger partial charge on any atom is -0.338 e. The Morgan fingerprint density at radius 2 is 1.62 bits per heavy atom. The van der Waals surface area contributed by atoms with Crippen LogP contribution in [0.25, 0.3) is 0 Å². The van der Waals surface area contributed by atoms with Crippen LogP contribution in [-0.2, 0) is 7.05 Å². The molecular weight excluding hydrogens is 398 g/mol. The molecule has 0 radical (unpaired) electrons. The van der Waals surface area contributed by atoms with Crippen LogP contribution in [0.2, 0.25) is 0 Å². The normalized spacial score (nSPS) is 24.2. The number of amides is 2. The van der Waals surface area contributed by atoms with Gasteiger partial charge in [0, 0.05) is 44.4 Å². The monoisotopic (exact) mass is 427 g/mol. The molecule has 7 rings (SSSR count). The second-order valence-corrected chi connectivity index (χ2v) is 9.53. The van der Waals surface area contributed by atoms with Gasteiger partial charge in [-0.3, -0.25) is 0 Å². The Labute approximate surface area is 188 Å². The van der Waals surface area contributed by atoms with Crippen LogP contribution in [0, 0.1) is 5.92 Å². The summed E-state index contributed by atoms with van der Waals surface area (Å²) < 4.78 is 1.99. The first-order chi connectivity index (χ1) is 15.7. The number of rotatable bonds is 3. The van der Waals surface area contributed by atoms with Gasteiger partial charge in [0.15, 0.2) is 0 Å². The topological polar surface area (TPSA) is 63.1 Å². The molecule has 0 spiro atoms. The van der Waals surface area contributed by atoms with Crippen LogP contribution in [0.4, 0.5) is 4.79 Å². The molecule has 1 unspecified atom stereocenters. The molecule has 4 aliphatic rings. The number of nitrogens with zero attached hydrogens (tertiary/aromatic N) is 4. The molecule has 6 heteroatoms. The van der Waals surface area contributed by atoms with Crippen LogP contribution in [0.15, 0.2) is 54.9 Å². The van der Waals surface area contributed by atoms with Crippen molar-refractivity contribution in [3.8, 4) is 0 Å². The van der Waals surface area contributed by atoms with Crippen molar-refractivity contribution in [1.29, 1.82) is 0 Å². The number of hydrogen-bond donors (Lipinski definition) is 1. The number of carbonyl (C=O) groups excluding carboxylic acids is 1. The average molecular weight is 428 g/mol. The van der Waals surface area contributed by atoms with Gasteiger partial charge in [-0.1, -0.05) is 48.5 Å². The van der Waals surface area contributed by atoms with Gasteiger partial charge in [-0.05, 0) is 47.4 Å². The first kappa shape index (κ1) is 19.5. The largest absolute Gasteiger partial charge is 0.338 e. The van der Waals surface area contributed by atoms with Gasteiger partial charge in [-0.2, -0.15) is 0 Å². The predicted octanol–water partition coefficient (Wildman–Crippen LogP) is 4.00. The van der Waals surface area contributed by atoms with Crippen molar-refractivity contribution in [2.45, 2.75) is 37.0 Å². The van der Waals surface area contributed by atoms with E-state index in [0.717, 1.165) is 44.7 Å². The SMILES string of the molecule is Cn1cnnc1C1CCN(C(=O)NCC2CC3c4ccccc4C2c2ccccc23)CC1. The molecule has 6 nitrogen and oxygen atoms in total. The molecule has 1 saturated heterocycles. The highest BCUT2D eigenvalue weighted by Gasteiger charge is 2.43. The number of likely N-dealkylation sites (tertiary alicyclic amines) is 1. The third-order valence-corrected chi connectivity index (χ3v) is 7.83. The minimum absolute atomic E-state index is 0.0735. The summed E-state index contributed by atoms with van der Waals surface area (Å²) >= 11 is 0. The summed E-state index contributed by atoms with van der Waals surface area (Å²) in [5.41, 5.74) is 5.85. The van der Waals surface area contributed by atoms with E-state index in [1.165, 1.54) is 22.3 Å². The van der Waals surface area contributed by atoms with Crippen LogP contribution in [0.1, 0.15) is 65.1 Å². The van der Waals surface area contributed by atoms with Gasteiger partial charge in [0.05, 0.1) is 0 Å². The maximum Gasteiger partial charge on any atom is 0.317 e. The molecule has 1 atom stereocenters. The van der Waals surface area contributed by atoms with E-state index in [9.17, 15) is 4.79 Å². The highest BCUT2D eigenvalue weighted by atomic mass is 16.2. The summed E-state index contributed by atoms with van der Waals surface area (Å²) in [6, 6.07) is 17.8. The maximum atomic E-state index is 13.0. The molecule has 0 saturated carbocycles. The molecule has 32 heavy (non-hydrogen) atoms. The fraction of sp³-hybridized carbons (Fsp3) is 0.423. The van der Waals surface area contributed by atoms with Crippen LogP contribution < -0.4 is 5.32 Å². The lowest BCUT2D eigenvalue weighted by molar-refractivity contribution is 0.176. The van der Waals surface area contributed by atoms with Gasteiger partial charge in [-0.25, -0.2) is 4.79 Å². The molecule has 164 valence electrons. The fourth-order valence-electron chi connectivity index (χ4n) is 6.29. The first-order valence-electron chi connectivity index (χ1n) is 11.7. The highest BCUT2D eigenvalue weighted by Crippen LogP contribution is 2.55. The second kappa shape index (κ2) is 7.76. The predicted molar refractivity (Wildman–Crippen MR) is 123 cm³/mol. The third kappa shape index (κ3) is 3.12. The van der Waals surface area contributed by atoms with E-state index in [-0.39, 0.29) is 6.03 Å². The van der Waals surface area contributed by atoms with E-state index in [0.29, 0.717) is 23.7 Å². The number of urea groups is 1. The summed E-state index contributed by atoms with van der Waals surface area (Å²) in [5.74, 6) is 2.66. The Bertz CT molecular complexity index is 1100. The maximum absolute atomic E-state index is 13.0. The number of benzene rings is 2. The molecule has 1 N–H and O–H groups in total. The lowest BCUT2D eigenvalue weighted by atomic mass is 9.59. The van der Waals surface area contributed by atoms with Gasteiger partial charge in [0.2, 0.25) is 0 Å². The van der Waals surface area contributed by atoms with Gasteiger partial charge < -0.3 is 14.8 Å². The van der Waals surface area contributed by atoms with Crippen molar-refractivity contribution in [3.63, 3.8) is 0 Å². The van der Waals surface area contributed by atoms with Gasteiger partial charge in [0.25, 0.3) is 0 Å². The number of fused-ring (bicyclic) bond motifs is 1. The number of piperidine rings is 1. The van der Waals surface area contributed by atoms with E-state index in [1.54, 1.807) is 6.33 Å². The Hall–Kier alpha value is -3.15. The van der Waals surface area contributed by atoms with Crippen molar-refractivity contribution in [3.05, 3.63) is 82.9 Å². The molecule has 2 heterocycles. The summed E-state index contributed by atoms with van der Waals surface area (Å²) in [6.07, 6.45) is 4.74. The lowest BCUT2D eigenvalue weighted by Gasteiger charge is -2.45. The Morgan fingerprint density at radius 3 is 2.22 bits per heavy atom. The highest BCUT2D eigenvalue weighted by molar-refractivity contribution is 5.74. The Morgan fingerprint density at radius 1 is 1.00 bits per heavy atom. The van der Waals surface area contributed by atoms with E-state index < -0.39 is 0 Å². The number of hydrogen-bond acceptors (Lipinski definition) is 3. The molecule has 1 aromatic heterocycles. The van der Waals surface area contributed by atoms with E-state index in [4.69, 9.17) is 0 Å². The Balaban J connectivity index is 1.13. The summed E-state index contributed by atoms with van der Waals surface area (Å²) in [5, 5.41) is 11.5. The molecule has 2 bridgehead atoms. The first-order valence-corrected chi connectivity index (χ1v) is 11.7. The van der Waals surface area contributed by atoms with Gasteiger partial charge in [-0.15, -0.1) is 10.2 Å². The molecule has 2 amide bonds. The molecule has 1 aliphatic heterocycles. The quantitative estimate of drug-likeness (QED) is 0.687. The summed E-state index contributed by atoms with van der Waals surface area (Å²) in [7, 11) is 1.99. The van der Waals surface area contributed by atoms with Gasteiger partial charge in [0.1, 0.15) is 12.2 Å². The molecule has 2 aromatic carbocycles. The number of nitrogens with one attached hydrogen (secondary N) is 1. The molecule has 3 aliphatic carbocycles. The second-order valence-electron chi connectivity index (χ2n) is 9.53. The van der Waals surface area contributed by atoms with Crippen molar-refractivity contribution in [2.75, 3.05) is 19.6 Å². The average Bonchev–Trinajstić information content (AvgIpc) is 3.28. The molecule has 3 aromatic rings. The number of aryl methyl sites for hydroxylation is 1. The van der Waals surface area contributed by atoms with E-state index in [1.807, 2.05) is 16.5 Å². The number of aromatic nitrogens is 3. The van der Waals surface area contributed by atoms with Crippen LogP contribution in [-0.4, -0.2) is 45.3 Å². The van der Waals surface area contributed by atoms with E-state index >= 15 is 0 Å². The zero-order valence-corrected chi connectivity index (χ0v) is 18.4. The minimum atomic E-state index is 0.0735. The van der Waals surface area contributed by atoms with Crippen LogP contribution in [0.3, 0.4) is 0 Å². The number of carbonyl (C=O) groups is 1. The van der Waals surface area contributed by atoms with Crippen LogP contribution in [0.5, 0.6) is 0 Å². The molecule has 1 fully saturated rings. The van der Waals surface area contributed by atoms with E-state index in [2.05, 4.69) is 64.0 Å². The van der Waals surface area contributed by atoms with Crippen LogP contribution >= 0.6 is 0 Å². The zero-order chi connectivity index (χ0) is 21.7. The standard InChI is InChI=1S/C26H29N5O/c1-30-16-28-29-25(30)17-10-12-31(13-11-17)26(32)27-15-18-14-23-19-6-2-4-8-21(19)24(18)22-9-5-3-7-20(22)23/h2-9,16-18,23-24H,10-15H2,1H3,(H,27,32). The smallest absolute Gasteiger partial charge is 0.317 e. The van der Waals surface area contributed by atoms with Crippen molar-refractivity contribution in [2.24, 2.45) is 13.0 Å². The van der Waals surface area contributed by atoms with Crippen molar-refractivity contribution < 1.29 is 4.79 Å². The summed E-state index contributed by atoms with van der Waals surface area (Å²) in [6.45, 7) is 2.27. The van der Waals surface area contributed by atoms with Gasteiger partial charge >= 0.3 is 6.03 Å². The third-order valence-electron chi connectivity index (χ3n) is 7.83. The lowest BCUT2D eigenvalue weighted by Crippen LogP contribution is -2.47. The van der Waals surface area contributed by atoms with Crippen molar-refractivity contribution >= 4 is 6.03 Å². The molecular formula is C26H29N5O. The Kier molecular flexibility index (Phi) is 4.74. The zero-order valence-electron chi connectivity index (χ0n) is 18.4.